The molecule has 0 atom stereocenters. The van der Waals surface area contributed by atoms with Crippen molar-refractivity contribution in [3.8, 4) is 0 Å². The Bertz CT molecular complexity index is 642. The van der Waals surface area contributed by atoms with Crippen LogP contribution in [0.2, 0.25) is 0 Å². The van der Waals surface area contributed by atoms with Crippen LogP contribution in [0.5, 0.6) is 0 Å². The largest absolute Gasteiger partial charge is 0.388 e. The molecule has 3 N–H and O–H groups in total. The van der Waals surface area contributed by atoms with Crippen LogP contribution in [0.25, 0.3) is 0 Å². The number of carbonyl (C=O) groups is 1. The van der Waals surface area contributed by atoms with Gasteiger partial charge in [0.25, 0.3) is 0 Å². The van der Waals surface area contributed by atoms with Gasteiger partial charge in [-0.2, -0.15) is 0 Å². The molecular formula is C18H32Cl2N6O2. The fourth-order valence-electron chi connectivity index (χ4n) is 4.28. The van der Waals surface area contributed by atoms with E-state index in [1.165, 1.54) is 0 Å². The lowest BCUT2D eigenvalue weighted by Gasteiger charge is -2.36. The molecule has 160 valence electrons. The number of aliphatic hydroxyl groups is 1. The van der Waals surface area contributed by atoms with Gasteiger partial charge in [-0.15, -0.1) is 35.0 Å². The number of aromatic nitrogens is 3. The molecule has 4 rings (SSSR count). The molecule has 1 aromatic heterocycles. The van der Waals surface area contributed by atoms with Gasteiger partial charge in [-0.25, -0.2) is 0 Å². The van der Waals surface area contributed by atoms with Crippen LogP contribution in [0.3, 0.4) is 0 Å². The van der Waals surface area contributed by atoms with Crippen molar-refractivity contribution in [3.05, 3.63) is 11.6 Å². The van der Waals surface area contributed by atoms with Crippen molar-refractivity contribution in [1.82, 2.24) is 30.3 Å². The average Bonchev–Trinajstić information content (AvgIpc) is 3.37. The van der Waals surface area contributed by atoms with Crippen LogP contribution in [0, 0.1) is 0 Å². The van der Waals surface area contributed by atoms with Crippen molar-refractivity contribution in [1.29, 1.82) is 0 Å². The summed E-state index contributed by atoms with van der Waals surface area (Å²) in [4.78, 5) is 14.5. The van der Waals surface area contributed by atoms with Gasteiger partial charge in [-0.3, -0.25) is 9.69 Å². The van der Waals surface area contributed by atoms with Gasteiger partial charge in [0.1, 0.15) is 12.4 Å². The summed E-state index contributed by atoms with van der Waals surface area (Å²) in [6, 6.07) is 1.20. The van der Waals surface area contributed by atoms with E-state index in [1.54, 1.807) is 0 Å². The first-order valence-electron chi connectivity index (χ1n) is 9.90. The van der Waals surface area contributed by atoms with Crippen LogP contribution in [0.15, 0.2) is 0 Å². The van der Waals surface area contributed by atoms with Crippen molar-refractivity contribution in [2.24, 2.45) is 0 Å². The number of piperidine rings is 1. The fourth-order valence-corrected chi connectivity index (χ4v) is 4.28. The van der Waals surface area contributed by atoms with Gasteiger partial charge >= 0.3 is 0 Å². The molecule has 0 spiro atoms. The Labute approximate surface area is 178 Å². The normalized spacial score (nSPS) is 24.8. The molecule has 1 aromatic rings. The van der Waals surface area contributed by atoms with E-state index in [0.29, 0.717) is 30.4 Å². The molecule has 0 bridgehead atoms. The highest BCUT2D eigenvalue weighted by molar-refractivity contribution is 5.85. The number of amides is 1. The number of nitrogens with one attached hydrogen (secondary N) is 2. The lowest BCUT2D eigenvalue weighted by atomic mass is 9.79. The highest BCUT2D eigenvalue weighted by Crippen LogP contribution is 2.42. The highest BCUT2D eigenvalue weighted by Gasteiger charge is 2.38. The molecule has 3 fully saturated rings. The lowest BCUT2D eigenvalue weighted by molar-refractivity contribution is -0.123. The molecular weight excluding hydrogens is 403 g/mol. The van der Waals surface area contributed by atoms with E-state index in [1.807, 2.05) is 7.05 Å². The second-order valence-corrected chi connectivity index (χ2v) is 8.06. The van der Waals surface area contributed by atoms with Gasteiger partial charge in [-0.05, 0) is 58.7 Å². The summed E-state index contributed by atoms with van der Waals surface area (Å²) in [5.41, 5.74) is 0. The lowest BCUT2D eigenvalue weighted by Crippen LogP contribution is -2.49. The SMILES string of the molecule is CN(CC(=O)NC1CC(c2nnc(CO)n2C2CC2)C1)C1CCNCC1.Cl.Cl. The summed E-state index contributed by atoms with van der Waals surface area (Å²) in [5, 5.41) is 24.4. The smallest absolute Gasteiger partial charge is 0.234 e. The van der Waals surface area contributed by atoms with Gasteiger partial charge in [0.2, 0.25) is 5.91 Å². The molecule has 28 heavy (non-hydrogen) atoms. The first-order valence-corrected chi connectivity index (χ1v) is 9.90. The molecule has 3 aliphatic rings. The summed E-state index contributed by atoms with van der Waals surface area (Å²) in [5.74, 6) is 2.14. The first-order chi connectivity index (χ1) is 12.7. The van der Waals surface area contributed by atoms with Crippen LogP contribution in [-0.2, 0) is 11.4 Å². The summed E-state index contributed by atoms with van der Waals surface area (Å²) < 4.78 is 2.13. The predicted molar refractivity (Wildman–Crippen MR) is 111 cm³/mol. The van der Waals surface area contributed by atoms with Crippen LogP contribution in [-0.4, -0.2) is 69.4 Å². The number of carbonyl (C=O) groups excluding carboxylic acids is 1. The molecule has 2 heterocycles. The predicted octanol–water partition coefficient (Wildman–Crippen LogP) is 0.995. The van der Waals surface area contributed by atoms with Gasteiger partial charge in [0.15, 0.2) is 5.82 Å². The molecule has 0 unspecified atom stereocenters. The van der Waals surface area contributed by atoms with E-state index in [4.69, 9.17) is 0 Å². The molecule has 8 nitrogen and oxygen atoms in total. The molecule has 0 aromatic carbocycles. The quantitative estimate of drug-likeness (QED) is 0.592. The molecule has 10 heteroatoms. The number of aliphatic hydroxyl groups excluding tert-OH is 1. The van der Waals surface area contributed by atoms with E-state index < -0.39 is 0 Å². The number of halogens is 2. The molecule has 2 aliphatic carbocycles. The third-order valence-corrected chi connectivity index (χ3v) is 6.04. The van der Waals surface area contributed by atoms with Crippen molar-refractivity contribution in [3.63, 3.8) is 0 Å². The van der Waals surface area contributed by atoms with E-state index >= 15 is 0 Å². The number of nitrogens with zero attached hydrogens (tertiary/aromatic N) is 4. The zero-order valence-corrected chi connectivity index (χ0v) is 18.0. The molecule has 0 radical (unpaired) electrons. The van der Waals surface area contributed by atoms with Crippen LogP contribution in [0.4, 0.5) is 0 Å². The standard InChI is InChI=1S/C18H30N6O2.2ClH/c1-23(14-4-6-19-7-5-14)10-17(26)20-13-8-12(9-13)18-22-21-16(11-25)24(18)15-2-3-15;;/h12-15,19,25H,2-11H2,1H3,(H,20,26);2*1H. The van der Waals surface area contributed by atoms with Crippen molar-refractivity contribution in [2.75, 3.05) is 26.7 Å². The Morgan fingerprint density at radius 2 is 1.89 bits per heavy atom. The summed E-state index contributed by atoms with van der Waals surface area (Å²) in [6.45, 7) is 2.50. The fraction of sp³-hybridized carbons (Fsp3) is 0.833. The van der Waals surface area contributed by atoms with E-state index in [9.17, 15) is 9.90 Å². The number of hydrogen-bond donors (Lipinski definition) is 3. The minimum absolute atomic E-state index is 0. The van der Waals surface area contributed by atoms with Crippen LogP contribution < -0.4 is 10.6 Å². The molecule has 2 saturated carbocycles. The molecule has 1 amide bonds. The van der Waals surface area contributed by atoms with Crippen LogP contribution in [0.1, 0.15) is 62.1 Å². The summed E-state index contributed by atoms with van der Waals surface area (Å²) in [7, 11) is 2.05. The maximum absolute atomic E-state index is 12.3. The average molecular weight is 435 g/mol. The summed E-state index contributed by atoms with van der Waals surface area (Å²) in [6.07, 6.45) is 6.35. The molecule has 1 aliphatic heterocycles. The Kier molecular flexibility index (Phi) is 8.51. The van der Waals surface area contributed by atoms with Gasteiger partial charge in [0, 0.05) is 24.0 Å². The van der Waals surface area contributed by atoms with Crippen LogP contribution >= 0.6 is 24.8 Å². The monoisotopic (exact) mass is 434 g/mol. The topological polar surface area (TPSA) is 95.3 Å². The Morgan fingerprint density at radius 3 is 2.50 bits per heavy atom. The zero-order chi connectivity index (χ0) is 18.1. The first kappa shape index (κ1) is 23.3. The Morgan fingerprint density at radius 1 is 1.21 bits per heavy atom. The summed E-state index contributed by atoms with van der Waals surface area (Å²) >= 11 is 0. The van der Waals surface area contributed by atoms with Gasteiger partial charge < -0.3 is 20.3 Å². The van der Waals surface area contributed by atoms with Gasteiger partial charge in [-0.1, -0.05) is 0 Å². The zero-order valence-electron chi connectivity index (χ0n) is 16.3. The van der Waals surface area contributed by atoms with E-state index in [-0.39, 0.29) is 43.4 Å². The highest BCUT2D eigenvalue weighted by atomic mass is 35.5. The second-order valence-electron chi connectivity index (χ2n) is 8.06. The van der Waals surface area contributed by atoms with Crippen molar-refractivity contribution < 1.29 is 9.90 Å². The third kappa shape index (κ3) is 5.16. The minimum atomic E-state index is -0.0561. The molecule has 1 saturated heterocycles. The maximum atomic E-state index is 12.3. The Hall–Kier alpha value is -0.930. The number of hydrogen-bond acceptors (Lipinski definition) is 6. The second kappa shape index (κ2) is 10.2. The minimum Gasteiger partial charge on any atom is -0.388 e. The van der Waals surface area contributed by atoms with Crippen molar-refractivity contribution >= 4 is 30.7 Å². The van der Waals surface area contributed by atoms with Crippen molar-refractivity contribution in [2.45, 2.75) is 69.2 Å². The Balaban J connectivity index is 0.00000140. The van der Waals surface area contributed by atoms with E-state index in [2.05, 4.69) is 30.3 Å². The third-order valence-electron chi connectivity index (χ3n) is 6.04. The van der Waals surface area contributed by atoms with Gasteiger partial charge in [0.05, 0.1) is 6.54 Å². The maximum Gasteiger partial charge on any atom is 0.234 e. The van der Waals surface area contributed by atoms with E-state index in [0.717, 1.165) is 57.4 Å². The number of likely N-dealkylation sites (N-methyl/N-ethyl adjacent to an activating group) is 1. The number of rotatable bonds is 7.